The molecule has 3 N–H and O–H groups in total. The van der Waals surface area contributed by atoms with Crippen LogP contribution in [0.2, 0.25) is 0 Å². The second-order valence-electron chi connectivity index (χ2n) is 2.21. The van der Waals surface area contributed by atoms with Crippen molar-refractivity contribution in [1.82, 2.24) is 4.98 Å². The van der Waals surface area contributed by atoms with Crippen LogP contribution in [-0.4, -0.2) is 11.3 Å². The van der Waals surface area contributed by atoms with Crippen molar-refractivity contribution in [3.63, 3.8) is 0 Å². The van der Waals surface area contributed by atoms with Gasteiger partial charge in [0.2, 0.25) is 0 Å². The maximum absolute atomic E-state index is 6.00. The first-order chi connectivity index (χ1) is 6.88. The third-order valence-corrected chi connectivity index (χ3v) is 2.17. The molecule has 0 aliphatic carbocycles. The molecule has 1 aromatic heterocycles. The summed E-state index contributed by atoms with van der Waals surface area (Å²) in [6.07, 6.45) is 0.944. The van der Waals surface area contributed by atoms with E-state index in [0.717, 1.165) is 11.9 Å². The van der Waals surface area contributed by atoms with E-state index in [9.17, 15) is 0 Å². The summed E-state index contributed by atoms with van der Waals surface area (Å²) in [7, 11) is 0. The van der Waals surface area contributed by atoms with Gasteiger partial charge in [0.25, 0.3) is 0 Å². The Morgan fingerprint density at radius 2 is 2.21 bits per heavy atom. The number of nitrogens with two attached hydrogens (primary N) is 1. The van der Waals surface area contributed by atoms with E-state index in [1.165, 1.54) is 4.70 Å². The summed E-state index contributed by atoms with van der Waals surface area (Å²) in [6.45, 7) is 0. The van der Waals surface area contributed by atoms with Gasteiger partial charge in [0.15, 0.2) is 6.34 Å². The van der Waals surface area contributed by atoms with Gasteiger partial charge in [-0.15, -0.1) is 16.5 Å². The topological polar surface area (TPSA) is 87.5 Å². The molecule has 5 nitrogen and oxygen atoms in total. The molecule has 0 spiro atoms. The zero-order chi connectivity index (χ0) is 10.2. The van der Waals surface area contributed by atoms with Crippen LogP contribution in [0.15, 0.2) is 40.0 Å². The molecule has 2 aromatic rings. The molecule has 0 aliphatic rings. The molecule has 0 saturated carbocycles. The third-order valence-electron chi connectivity index (χ3n) is 1.36. The Bertz CT molecular complexity index is 392. The molecular weight excluding hydrogens is 198 g/mol. The summed E-state index contributed by atoms with van der Waals surface area (Å²) in [5, 5.41) is 5.56. The largest absolute Gasteiger partial charge is 0.322 e. The number of para-hydroxylation sites is 1. The number of rotatable bonds is 1. The average Bonchev–Trinajstić information content (AvgIpc) is 2.67. The minimum atomic E-state index is 0.944. The number of thiazole rings is 1. The van der Waals surface area contributed by atoms with Gasteiger partial charge in [-0.05, 0) is 12.1 Å². The smallest absolute Gasteiger partial charge is 0.156 e. The number of hydrogen-bond donors (Lipinski definition) is 2. The maximum atomic E-state index is 6.00. The minimum Gasteiger partial charge on any atom is -0.322 e. The van der Waals surface area contributed by atoms with Crippen molar-refractivity contribution in [3.8, 4) is 0 Å². The number of hydrogen-bond acceptors (Lipinski definition) is 5. The Balaban J connectivity index is 0.000000171. The van der Waals surface area contributed by atoms with Gasteiger partial charge in [-0.3, -0.25) is 0 Å². The van der Waals surface area contributed by atoms with Crippen molar-refractivity contribution >= 4 is 27.9 Å². The van der Waals surface area contributed by atoms with Gasteiger partial charge in [0.05, 0.1) is 15.7 Å². The lowest BCUT2D eigenvalue weighted by atomic mass is 10.3. The van der Waals surface area contributed by atoms with Gasteiger partial charge in [0, 0.05) is 0 Å². The molecule has 0 saturated heterocycles. The Morgan fingerprint density at radius 1 is 1.43 bits per heavy atom. The lowest BCUT2D eigenvalue weighted by Gasteiger charge is -1.80. The lowest BCUT2D eigenvalue weighted by molar-refractivity contribution is 1.17. The number of nitrogens with one attached hydrogen (secondary N) is 1. The molecule has 0 atom stereocenters. The number of nitrogens with zero attached hydrogens (tertiary/aromatic N) is 3. The van der Waals surface area contributed by atoms with Crippen molar-refractivity contribution in [1.29, 1.82) is 5.53 Å². The van der Waals surface area contributed by atoms with Crippen LogP contribution in [0.1, 0.15) is 0 Å². The normalized spacial score (nSPS) is 9.71. The molecule has 0 bridgehead atoms. The summed E-state index contributed by atoms with van der Waals surface area (Å²) < 4.78 is 1.26. The van der Waals surface area contributed by atoms with Gasteiger partial charge < -0.3 is 5.84 Å². The highest BCUT2D eigenvalue weighted by atomic mass is 32.1. The maximum Gasteiger partial charge on any atom is 0.156 e. The molecular formula is C8H9N5S. The molecule has 0 amide bonds. The molecule has 0 unspecified atom stereocenters. The quantitative estimate of drug-likeness (QED) is 0.247. The van der Waals surface area contributed by atoms with Crippen molar-refractivity contribution in [2.24, 2.45) is 16.1 Å². The summed E-state index contributed by atoms with van der Waals surface area (Å²) in [4.78, 5) is 4.14. The standard InChI is InChI=1S/C7H5NS.CH4N4/c1-2-4-7-6(3-1)8-5-9-7;2-4-1-5-3/h1-5H;1-2H,3H2. The molecule has 14 heavy (non-hydrogen) atoms. The van der Waals surface area contributed by atoms with Crippen LogP contribution < -0.4 is 5.84 Å². The monoisotopic (exact) mass is 207 g/mol. The Kier molecular flexibility index (Phi) is 4.22. The highest BCUT2D eigenvalue weighted by molar-refractivity contribution is 7.16. The molecule has 2 rings (SSSR count). The van der Waals surface area contributed by atoms with Gasteiger partial charge in [0.1, 0.15) is 0 Å². The van der Waals surface area contributed by atoms with Crippen LogP contribution in [0, 0.1) is 5.53 Å². The van der Waals surface area contributed by atoms with E-state index in [1.807, 2.05) is 23.7 Å². The van der Waals surface area contributed by atoms with Crippen molar-refractivity contribution in [2.45, 2.75) is 0 Å². The Labute approximate surface area is 84.8 Å². The first-order valence-electron chi connectivity index (χ1n) is 3.75. The Morgan fingerprint density at radius 3 is 2.79 bits per heavy atom. The predicted octanol–water partition coefficient (Wildman–Crippen LogP) is 2.22. The average molecular weight is 207 g/mol. The zero-order valence-corrected chi connectivity index (χ0v) is 8.11. The molecule has 0 radical (unpaired) electrons. The number of fused-ring (bicyclic) bond motifs is 1. The fraction of sp³-hybridized carbons (Fsp3) is 0. The highest BCUT2D eigenvalue weighted by Crippen LogP contribution is 2.15. The van der Waals surface area contributed by atoms with Crippen molar-refractivity contribution in [3.05, 3.63) is 29.8 Å². The van der Waals surface area contributed by atoms with Crippen molar-refractivity contribution < 1.29 is 0 Å². The predicted molar refractivity (Wildman–Crippen MR) is 57.4 cm³/mol. The van der Waals surface area contributed by atoms with E-state index in [2.05, 4.69) is 27.1 Å². The summed E-state index contributed by atoms with van der Waals surface area (Å²) in [5.41, 5.74) is 8.96. The van der Waals surface area contributed by atoms with Gasteiger partial charge in [-0.1, -0.05) is 12.1 Å². The van der Waals surface area contributed by atoms with E-state index in [0.29, 0.717) is 0 Å². The first-order valence-corrected chi connectivity index (χ1v) is 4.63. The fourth-order valence-electron chi connectivity index (χ4n) is 0.837. The summed E-state index contributed by atoms with van der Waals surface area (Å²) in [5.74, 6) is 4.49. The van der Waals surface area contributed by atoms with E-state index < -0.39 is 0 Å². The van der Waals surface area contributed by atoms with Crippen LogP contribution >= 0.6 is 11.3 Å². The van der Waals surface area contributed by atoms with E-state index >= 15 is 0 Å². The van der Waals surface area contributed by atoms with Crippen molar-refractivity contribution in [2.75, 3.05) is 0 Å². The summed E-state index contributed by atoms with van der Waals surface area (Å²) >= 11 is 1.68. The number of hydrazone groups is 1. The van der Waals surface area contributed by atoms with Crippen LogP contribution in [0.25, 0.3) is 10.2 Å². The molecule has 6 heteroatoms. The molecule has 0 fully saturated rings. The minimum absolute atomic E-state index is 0.944. The van der Waals surface area contributed by atoms with Crippen LogP contribution in [0.3, 0.4) is 0 Å². The SMILES string of the molecule is N=NC=NN.c1ccc2scnc2c1. The number of aromatic nitrogens is 1. The molecule has 0 aliphatic heterocycles. The van der Waals surface area contributed by atoms with Gasteiger partial charge in [-0.25, -0.2) is 10.5 Å². The van der Waals surface area contributed by atoms with Crippen LogP contribution in [-0.2, 0) is 0 Å². The molecule has 1 heterocycles. The first kappa shape index (κ1) is 10.3. The van der Waals surface area contributed by atoms with E-state index in [1.54, 1.807) is 11.3 Å². The second kappa shape index (κ2) is 5.76. The van der Waals surface area contributed by atoms with Gasteiger partial charge >= 0.3 is 0 Å². The second-order valence-corrected chi connectivity index (χ2v) is 3.10. The van der Waals surface area contributed by atoms with E-state index in [4.69, 9.17) is 5.53 Å². The van der Waals surface area contributed by atoms with E-state index in [-0.39, 0.29) is 0 Å². The fourth-order valence-corrected chi connectivity index (χ4v) is 1.52. The molecule has 1 aromatic carbocycles. The summed E-state index contributed by atoms with van der Waals surface area (Å²) in [6, 6.07) is 8.13. The third kappa shape index (κ3) is 2.91. The molecule has 72 valence electrons. The van der Waals surface area contributed by atoms with Crippen LogP contribution in [0.5, 0.6) is 0 Å². The highest BCUT2D eigenvalue weighted by Gasteiger charge is 1.89. The van der Waals surface area contributed by atoms with Crippen LogP contribution in [0.4, 0.5) is 0 Å². The Hall–Kier alpha value is -1.82. The van der Waals surface area contributed by atoms with Gasteiger partial charge in [-0.2, -0.15) is 5.10 Å². The zero-order valence-electron chi connectivity index (χ0n) is 7.29. The number of benzene rings is 1. The lowest BCUT2D eigenvalue weighted by Crippen LogP contribution is -1.75.